The SMILES string of the molecule is CC(C)CN(CC(C)C)C(=O)/C=C/c1ccc(C(C)(C)C)cc1. The van der Waals surface area contributed by atoms with Crippen LogP contribution >= 0.6 is 0 Å². The first kappa shape index (κ1) is 19.5. The van der Waals surface area contributed by atoms with Crippen molar-refractivity contribution in [2.45, 2.75) is 53.9 Å². The Kier molecular flexibility index (Phi) is 7.05. The summed E-state index contributed by atoms with van der Waals surface area (Å²) < 4.78 is 0. The normalized spacial score (nSPS) is 12.4. The Hall–Kier alpha value is -1.57. The first-order valence-corrected chi connectivity index (χ1v) is 8.67. The van der Waals surface area contributed by atoms with Crippen LogP contribution in [-0.2, 0) is 10.2 Å². The molecule has 0 bridgehead atoms. The van der Waals surface area contributed by atoms with Crippen LogP contribution in [0.15, 0.2) is 30.3 Å². The molecule has 0 aliphatic heterocycles. The Morgan fingerprint density at radius 3 is 1.87 bits per heavy atom. The summed E-state index contributed by atoms with van der Waals surface area (Å²) in [5, 5.41) is 0. The van der Waals surface area contributed by atoms with E-state index in [0.29, 0.717) is 11.8 Å². The molecule has 0 N–H and O–H groups in total. The first-order chi connectivity index (χ1) is 10.6. The lowest BCUT2D eigenvalue weighted by Crippen LogP contribution is -2.35. The van der Waals surface area contributed by atoms with Crippen LogP contribution in [-0.4, -0.2) is 23.9 Å². The first-order valence-electron chi connectivity index (χ1n) is 8.67. The van der Waals surface area contributed by atoms with E-state index in [4.69, 9.17) is 0 Å². The molecule has 0 saturated carbocycles. The highest BCUT2D eigenvalue weighted by Gasteiger charge is 2.14. The van der Waals surface area contributed by atoms with Crippen molar-refractivity contribution in [2.75, 3.05) is 13.1 Å². The van der Waals surface area contributed by atoms with Crippen LogP contribution in [0.5, 0.6) is 0 Å². The van der Waals surface area contributed by atoms with Gasteiger partial charge < -0.3 is 4.90 Å². The zero-order valence-electron chi connectivity index (χ0n) is 15.9. The third-order valence-corrected chi connectivity index (χ3v) is 3.68. The van der Waals surface area contributed by atoms with Gasteiger partial charge in [0.15, 0.2) is 0 Å². The molecule has 1 aromatic rings. The molecule has 2 nitrogen and oxygen atoms in total. The van der Waals surface area contributed by atoms with Crippen LogP contribution < -0.4 is 0 Å². The van der Waals surface area contributed by atoms with Crippen LogP contribution in [0.4, 0.5) is 0 Å². The highest BCUT2D eigenvalue weighted by atomic mass is 16.2. The van der Waals surface area contributed by atoms with E-state index in [1.165, 1.54) is 5.56 Å². The maximum absolute atomic E-state index is 12.5. The lowest BCUT2D eigenvalue weighted by molar-refractivity contribution is -0.127. The summed E-state index contributed by atoms with van der Waals surface area (Å²) in [4.78, 5) is 14.4. The second-order valence-corrected chi connectivity index (χ2v) is 8.24. The fraction of sp³-hybridized carbons (Fsp3) is 0.571. The van der Waals surface area contributed by atoms with E-state index in [2.05, 4.69) is 72.7 Å². The second-order valence-electron chi connectivity index (χ2n) is 8.24. The van der Waals surface area contributed by atoms with Gasteiger partial charge in [-0.15, -0.1) is 0 Å². The summed E-state index contributed by atoms with van der Waals surface area (Å²) >= 11 is 0. The van der Waals surface area contributed by atoms with E-state index in [1.54, 1.807) is 6.08 Å². The lowest BCUT2D eigenvalue weighted by Gasteiger charge is -2.25. The molecular formula is C21H33NO. The number of hydrogen-bond acceptors (Lipinski definition) is 1. The van der Waals surface area contributed by atoms with Crippen molar-refractivity contribution >= 4 is 12.0 Å². The van der Waals surface area contributed by atoms with E-state index >= 15 is 0 Å². The molecule has 0 spiro atoms. The van der Waals surface area contributed by atoms with Gasteiger partial charge in [0.2, 0.25) is 5.91 Å². The Bertz CT molecular complexity index is 508. The standard InChI is InChI=1S/C21H33NO/c1-16(2)14-22(15-17(3)4)20(23)13-10-18-8-11-19(12-9-18)21(5,6)7/h8-13,16-17H,14-15H2,1-7H3/b13-10+. The van der Waals surface area contributed by atoms with E-state index in [9.17, 15) is 4.79 Å². The minimum atomic E-state index is 0.104. The molecule has 1 amide bonds. The Balaban J connectivity index is 2.78. The average Bonchev–Trinajstić information content (AvgIpc) is 2.42. The van der Waals surface area contributed by atoms with Gasteiger partial charge in [-0.3, -0.25) is 4.79 Å². The molecule has 1 aromatic carbocycles. The molecule has 0 atom stereocenters. The number of carbonyl (C=O) groups is 1. The fourth-order valence-corrected chi connectivity index (χ4v) is 2.50. The molecule has 0 aliphatic carbocycles. The quantitative estimate of drug-likeness (QED) is 0.666. The third kappa shape index (κ3) is 7.02. The van der Waals surface area contributed by atoms with Crippen LogP contribution in [0.1, 0.15) is 59.6 Å². The molecule has 0 saturated heterocycles. The second kappa shape index (κ2) is 8.33. The molecule has 1 rings (SSSR count). The summed E-state index contributed by atoms with van der Waals surface area (Å²) in [6, 6.07) is 8.45. The van der Waals surface area contributed by atoms with E-state index < -0.39 is 0 Å². The van der Waals surface area contributed by atoms with Gasteiger partial charge in [0.1, 0.15) is 0 Å². The Morgan fingerprint density at radius 2 is 1.48 bits per heavy atom. The van der Waals surface area contributed by atoms with Crippen molar-refractivity contribution in [2.24, 2.45) is 11.8 Å². The molecule has 0 aromatic heterocycles. The molecule has 0 fully saturated rings. The molecule has 0 aliphatic rings. The number of nitrogens with zero attached hydrogens (tertiary/aromatic N) is 1. The van der Waals surface area contributed by atoms with Crippen LogP contribution in [0, 0.1) is 11.8 Å². The molecule has 0 heterocycles. The smallest absolute Gasteiger partial charge is 0.246 e. The highest BCUT2D eigenvalue weighted by molar-refractivity contribution is 5.91. The Morgan fingerprint density at radius 1 is 1.00 bits per heavy atom. The summed E-state index contributed by atoms with van der Waals surface area (Å²) in [6.45, 7) is 16.8. The van der Waals surface area contributed by atoms with Gasteiger partial charge in [-0.1, -0.05) is 72.7 Å². The van der Waals surface area contributed by atoms with Gasteiger partial charge in [-0.05, 0) is 34.5 Å². The van der Waals surface area contributed by atoms with Crippen molar-refractivity contribution in [1.82, 2.24) is 4.90 Å². The molecule has 2 heteroatoms. The third-order valence-electron chi connectivity index (χ3n) is 3.68. The predicted molar refractivity (Wildman–Crippen MR) is 100 cm³/mol. The van der Waals surface area contributed by atoms with Gasteiger partial charge in [0, 0.05) is 19.2 Å². The predicted octanol–water partition coefficient (Wildman–Crippen LogP) is 5.14. The van der Waals surface area contributed by atoms with Crippen LogP contribution in [0.2, 0.25) is 0 Å². The monoisotopic (exact) mass is 315 g/mol. The van der Waals surface area contributed by atoms with Crippen molar-refractivity contribution in [1.29, 1.82) is 0 Å². The lowest BCUT2D eigenvalue weighted by atomic mass is 9.87. The van der Waals surface area contributed by atoms with Crippen molar-refractivity contribution in [3.05, 3.63) is 41.5 Å². The summed E-state index contributed by atoms with van der Waals surface area (Å²) in [6.07, 6.45) is 3.62. The molecule has 128 valence electrons. The molecule has 23 heavy (non-hydrogen) atoms. The number of hydrogen-bond donors (Lipinski definition) is 0. The number of amides is 1. The van der Waals surface area contributed by atoms with Crippen molar-refractivity contribution < 1.29 is 4.79 Å². The average molecular weight is 316 g/mol. The van der Waals surface area contributed by atoms with Crippen LogP contribution in [0.3, 0.4) is 0 Å². The van der Waals surface area contributed by atoms with Gasteiger partial charge >= 0.3 is 0 Å². The van der Waals surface area contributed by atoms with E-state index in [1.807, 2.05) is 11.0 Å². The molecule has 0 unspecified atom stereocenters. The van der Waals surface area contributed by atoms with Gasteiger partial charge in [-0.2, -0.15) is 0 Å². The van der Waals surface area contributed by atoms with Crippen molar-refractivity contribution in [3.8, 4) is 0 Å². The zero-order valence-corrected chi connectivity index (χ0v) is 15.9. The number of rotatable bonds is 6. The zero-order chi connectivity index (χ0) is 17.6. The topological polar surface area (TPSA) is 20.3 Å². The molecular weight excluding hydrogens is 282 g/mol. The minimum absolute atomic E-state index is 0.104. The number of benzene rings is 1. The number of carbonyl (C=O) groups excluding carboxylic acids is 1. The fourth-order valence-electron chi connectivity index (χ4n) is 2.50. The summed E-state index contributed by atoms with van der Waals surface area (Å²) in [7, 11) is 0. The van der Waals surface area contributed by atoms with Crippen LogP contribution in [0.25, 0.3) is 6.08 Å². The largest absolute Gasteiger partial charge is 0.339 e. The maximum Gasteiger partial charge on any atom is 0.246 e. The van der Waals surface area contributed by atoms with Crippen molar-refractivity contribution in [3.63, 3.8) is 0 Å². The maximum atomic E-state index is 12.5. The van der Waals surface area contributed by atoms with E-state index in [0.717, 1.165) is 18.7 Å². The van der Waals surface area contributed by atoms with Gasteiger partial charge in [-0.25, -0.2) is 0 Å². The highest BCUT2D eigenvalue weighted by Crippen LogP contribution is 2.22. The van der Waals surface area contributed by atoms with Gasteiger partial charge in [0.25, 0.3) is 0 Å². The van der Waals surface area contributed by atoms with E-state index in [-0.39, 0.29) is 11.3 Å². The molecule has 0 radical (unpaired) electrons. The summed E-state index contributed by atoms with van der Waals surface area (Å²) in [5.41, 5.74) is 2.53. The van der Waals surface area contributed by atoms with Gasteiger partial charge in [0.05, 0.1) is 0 Å². The minimum Gasteiger partial charge on any atom is -0.339 e. The summed E-state index contributed by atoms with van der Waals surface area (Å²) in [5.74, 6) is 1.07. The Labute approximate surface area is 142 Å².